The molecule has 4 nitrogen and oxygen atoms in total. The summed E-state index contributed by atoms with van der Waals surface area (Å²) in [5.74, 6) is 0.221. The topological polar surface area (TPSA) is 58.6 Å². The molecule has 4 heteroatoms. The lowest BCUT2D eigenvalue weighted by Crippen LogP contribution is -1.84. The summed E-state index contributed by atoms with van der Waals surface area (Å²) in [6.07, 6.45) is 3.56. The molecule has 1 N–H and O–H groups in total. The molecule has 0 radical (unpaired) electrons. The summed E-state index contributed by atoms with van der Waals surface area (Å²) in [6, 6.07) is 13.8. The monoisotopic (exact) mass is 316 g/mol. The van der Waals surface area contributed by atoms with Gasteiger partial charge in [-0.15, -0.1) is 0 Å². The maximum atomic E-state index is 10.1. The van der Waals surface area contributed by atoms with Crippen LogP contribution in [-0.4, -0.2) is 16.3 Å². The van der Waals surface area contributed by atoms with E-state index in [1.165, 1.54) is 5.56 Å². The number of aryl methyl sites for hydroxylation is 2. The number of fused-ring (bicyclic) bond motifs is 1. The number of nitrogens with zero attached hydrogens (tertiary/aromatic N) is 2. The Morgan fingerprint density at radius 2 is 1.88 bits per heavy atom. The van der Waals surface area contributed by atoms with Crippen molar-refractivity contribution in [3.05, 3.63) is 64.8 Å². The van der Waals surface area contributed by atoms with Crippen molar-refractivity contribution in [2.45, 2.75) is 13.8 Å². The Labute approximate surface area is 139 Å². The zero-order valence-electron chi connectivity index (χ0n) is 13.4. The summed E-state index contributed by atoms with van der Waals surface area (Å²) in [6.45, 7) is 4.09. The van der Waals surface area contributed by atoms with Crippen molar-refractivity contribution in [2.24, 2.45) is 4.99 Å². The average molecular weight is 316 g/mol. The molecule has 2 heterocycles. The molecule has 1 aliphatic heterocycles. The smallest absolute Gasteiger partial charge is 0.310 e. The van der Waals surface area contributed by atoms with Crippen molar-refractivity contribution in [3.63, 3.8) is 0 Å². The summed E-state index contributed by atoms with van der Waals surface area (Å²) in [5, 5.41) is 10.1. The fraction of sp³-hybridized carbons (Fsp3) is 0.100. The second-order valence-corrected chi connectivity index (χ2v) is 5.88. The molecule has 2 aromatic carbocycles. The van der Waals surface area contributed by atoms with E-state index < -0.39 is 0 Å². The van der Waals surface area contributed by atoms with Crippen LogP contribution in [0.5, 0.6) is 5.95 Å². The number of allylic oxidation sites excluding steroid dienone is 1. The molecule has 0 aliphatic carbocycles. The molecule has 0 spiro atoms. The van der Waals surface area contributed by atoms with Crippen LogP contribution in [0.1, 0.15) is 22.4 Å². The lowest BCUT2D eigenvalue weighted by atomic mass is 10.1. The third kappa shape index (κ3) is 2.42. The maximum Gasteiger partial charge on any atom is 0.310 e. The molecule has 0 saturated carbocycles. The molecule has 1 aliphatic rings. The minimum atomic E-state index is -0.187. The molecule has 3 aromatic rings. The van der Waals surface area contributed by atoms with E-state index in [1.807, 2.05) is 49.4 Å². The van der Waals surface area contributed by atoms with Crippen molar-refractivity contribution in [1.29, 1.82) is 0 Å². The molecular weight excluding hydrogens is 300 g/mol. The first-order valence-corrected chi connectivity index (χ1v) is 7.74. The van der Waals surface area contributed by atoms with Gasteiger partial charge in [0.25, 0.3) is 0 Å². The van der Waals surface area contributed by atoms with Crippen LogP contribution < -0.4 is 0 Å². The van der Waals surface area contributed by atoms with Gasteiger partial charge in [0, 0.05) is 22.9 Å². The number of aromatic nitrogens is 1. The van der Waals surface area contributed by atoms with Crippen LogP contribution in [0.3, 0.4) is 0 Å². The largest absolute Gasteiger partial charge is 0.479 e. The van der Waals surface area contributed by atoms with Gasteiger partial charge in [-0.05, 0) is 49.2 Å². The molecule has 118 valence electrons. The number of rotatable bonds is 2. The van der Waals surface area contributed by atoms with Gasteiger partial charge in [-0.3, -0.25) is 4.99 Å². The van der Waals surface area contributed by atoms with Gasteiger partial charge in [0.2, 0.25) is 5.89 Å². The lowest BCUT2D eigenvalue weighted by Gasteiger charge is -2.01. The quantitative estimate of drug-likeness (QED) is 0.730. The van der Waals surface area contributed by atoms with E-state index in [1.54, 1.807) is 12.3 Å². The van der Waals surface area contributed by atoms with Crippen LogP contribution >= 0.6 is 0 Å². The number of benzene rings is 2. The standard InChI is InChI=1S/C20H16N2O2/c1-12-7-8-14(9-13(12)2)19-22-18(20(23)24-19)10-15-11-21-17-6-4-3-5-16(15)17/h3-11,23H,1-2H3/b15-10+. The zero-order valence-corrected chi connectivity index (χ0v) is 13.4. The molecule has 4 rings (SSSR count). The van der Waals surface area contributed by atoms with Crippen molar-refractivity contribution < 1.29 is 9.52 Å². The van der Waals surface area contributed by atoms with E-state index in [4.69, 9.17) is 4.42 Å². The fourth-order valence-electron chi connectivity index (χ4n) is 2.72. The van der Waals surface area contributed by atoms with Gasteiger partial charge in [-0.25, -0.2) is 4.98 Å². The Morgan fingerprint density at radius 1 is 1.04 bits per heavy atom. The number of aliphatic imine (C=N–C) groups is 1. The van der Waals surface area contributed by atoms with Crippen LogP contribution in [-0.2, 0) is 0 Å². The van der Waals surface area contributed by atoms with Gasteiger partial charge < -0.3 is 9.52 Å². The highest BCUT2D eigenvalue weighted by Gasteiger charge is 2.16. The van der Waals surface area contributed by atoms with E-state index >= 15 is 0 Å². The summed E-state index contributed by atoms with van der Waals surface area (Å²) < 4.78 is 5.45. The fourth-order valence-corrected chi connectivity index (χ4v) is 2.72. The van der Waals surface area contributed by atoms with Crippen LogP contribution in [0.4, 0.5) is 5.69 Å². The predicted molar refractivity (Wildman–Crippen MR) is 95.5 cm³/mol. The molecule has 0 bridgehead atoms. The third-order valence-electron chi connectivity index (χ3n) is 4.24. The van der Waals surface area contributed by atoms with Crippen LogP contribution in [0.2, 0.25) is 0 Å². The van der Waals surface area contributed by atoms with E-state index in [-0.39, 0.29) is 5.95 Å². The second-order valence-electron chi connectivity index (χ2n) is 5.88. The van der Waals surface area contributed by atoms with E-state index in [9.17, 15) is 5.11 Å². The predicted octanol–water partition coefficient (Wildman–Crippen LogP) is 4.92. The minimum Gasteiger partial charge on any atom is -0.479 e. The first kappa shape index (κ1) is 14.5. The Bertz CT molecular complexity index is 997. The summed E-state index contributed by atoms with van der Waals surface area (Å²) >= 11 is 0. The van der Waals surface area contributed by atoms with E-state index in [0.717, 1.165) is 28.0 Å². The van der Waals surface area contributed by atoms with Crippen molar-refractivity contribution >= 4 is 23.6 Å². The van der Waals surface area contributed by atoms with E-state index in [2.05, 4.69) is 16.9 Å². The highest BCUT2D eigenvalue weighted by Crippen LogP contribution is 2.34. The number of para-hydroxylation sites is 1. The Kier molecular flexibility index (Phi) is 3.31. The van der Waals surface area contributed by atoms with Gasteiger partial charge in [-0.1, -0.05) is 24.3 Å². The number of oxazole rings is 1. The summed E-state index contributed by atoms with van der Waals surface area (Å²) in [7, 11) is 0. The Hall–Kier alpha value is -3.14. The van der Waals surface area contributed by atoms with E-state index in [0.29, 0.717) is 11.6 Å². The zero-order chi connectivity index (χ0) is 16.7. The van der Waals surface area contributed by atoms with Crippen molar-refractivity contribution in [1.82, 2.24) is 4.98 Å². The summed E-state index contributed by atoms with van der Waals surface area (Å²) in [4.78, 5) is 8.79. The first-order chi connectivity index (χ1) is 11.6. The van der Waals surface area contributed by atoms with Crippen LogP contribution in [0, 0.1) is 13.8 Å². The van der Waals surface area contributed by atoms with Crippen LogP contribution in [0.15, 0.2) is 51.9 Å². The Balaban J connectivity index is 1.74. The highest BCUT2D eigenvalue weighted by molar-refractivity contribution is 6.21. The molecule has 0 saturated heterocycles. The number of aromatic hydroxyl groups is 1. The van der Waals surface area contributed by atoms with Gasteiger partial charge >= 0.3 is 5.95 Å². The molecule has 1 aromatic heterocycles. The van der Waals surface area contributed by atoms with Gasteiger partial charge in [-0.2, -0.15) is 0 Å². The average Bonchev–Trinajstić information content (AvgIpc) is 3.15. The van der Waals surface area contributed by atoms with Gasteiger partial charge in [0.15, 0.2) is 0 Å². The van der Waals surface area contributed by atoms with Gasteiger partial charge in [0.05, 0.1) is 5.69 Å². The molecular formula is C20H16N2O2. The minimum absolute atomic E-state index is 0.187. The van der Waals surface area contributed by atoms with Crippen molar-refractivity contribution in [2.75, 3.05) is 0 Å². The molecule has 0 unspecified atom stereocenters. The van der Waals surface area contributed by atoms with Crippen molar-refractivity contribution in [3.8, 4) is 17.4 Å². The third-order valence-corrected chi connectivity index (χ3v) is 4.24. The summed E-state index contributed by atoms with van der Waals surface area (Å²) in [5.41, 5.74) is 6.45. The number of hydrogen-bond donors (Lipinski definition) is 1. The molecule has 0 fully saturated rings. The second kappa shape index (κ2) is 5.49. The van der Waals surface area contributed by atoms with Crippen LogP contribution in [0.25, 0.3) is 23.1 Å². The maximum absolute atomic E-state index is 10.1. The molecule has 0 amide bonds. The molecule has 24 heavy (non-hydrogen) atoms. The molecule has 0 atom stereocenters. The lowest BCUT2D eigenvalue weighted by molar-refractivity contribution is 0.336. The number of hydrogen-bond acceptors (Lipinski definition) is 4. The normalized spacial score (nSPS) is 14.3. The Morgan fingerprint density at radius 3 is 2.71 bits per heavy atom. The first-order valence-electron chi connectivity index (χ1n) is 7.74. The highest BCUT2D eigenvalue weighted by atomic mass is 16.5. The SMILES string of the molecule is Cc1ccc(-c2nc(/C=C3\C=Nc4ccccc43)c(O)o2)cc1C. The van der Waals surface area contributed by atoms with Gasteiger partial charge in [0.1, 0.15) is 5.69 Å².